The molecule has 4 N–H and O–H groups in total. The minimum absolute atomic E-state index is 0.135. The van der Waals surface area contributed by atoms with Gasteiger partial charge >= 0.3 is 0 Å². The quantitative estimate of drug-likeness (QED) is 0.388. The Balaban J connectivity index is 1.84. The zero-order valence-corrected chi connectivity index (χ0v) is 24.5. The molecular weight excluding hydrogens is 510 g/mol. The lowest BCUT2D eigenvalue weighted by atomic mass is 9.96. The van der Waals surface area contributed by atoms with Crippen LogP contribution >= 0.6 is 0 Å². The van der Waals surface area contributed by atoms with E-state index in [0.717, 1.165) is 25.9 Å². The average molecular weight is 558 g/mol. The van der Waals surface area contributed by atoms with E-state index in [1.807, 2.05) is 13.8 Å². The van der Waals surface area contributed by atoms with Crippen molar-refractivity contribution in [2.75, 3.05) is 32.8 Å². The number of likely N-dealkylation sites (tertiary alicyclic amines) is 1. The van der Waals surface area contributed by atoms with Gasteiger partial charge in [0.1, 0.15) is 24.4 Å². The number of benzene rings is 1. The van der Waals surface area contributed by atoms with Crippen molar-refractivity contribution in [2.24, 2.45) is 11.8 Å². The summed E-state index contributed by atoms with van der Waals surface area (Å²) in [6.07, 6.45) is 4.58. The fourth-order valence-electron chi connectivity index (χ4n) is 5.21. The van der Waals surface area contributed by atoms with Crippen molar-refractivity contribution in [3.63, 3.8) is 0 Å². The number of hydrogen-bond donors (Lipinski definition) is 4. The maximum Gasteiger partial charge on any atom is 0.255 e. The largest absolute Gasteiger partial charge is 0.491 e. The summed E-state index contributed by atoms with van der Waals surface area (Å²) in [5, 5.41) is 11.5. The van der Waals surface area contributed by atoms with Gasteiger partial charge in [0.15, 0.2) is 0 Å². The first-order chi connectivity index (χ1) is 19.2. The van der Waals surface area contributed by atoms with Crippen molar-refractivity contribution < 1.29 is 23.9 Å². The second kappa shape index (κ2) is 15.6. The number of ether oxygens (including phenoxy) is 1. The van der Waals surface area contributed by atoms with E-state index < -0.39 is 29.8 Å². The smallest absolute Gasteiger partial charge is 0.255 e. The van der Waals surface area contributed by atoms with Gasteiger partial charge in [0.25, 0.3) is 5.91 Å². The van der Waals surface area contributed by atoms with Crippen molar-refractivity contribution in [3.8, 4) is 5.75 Å². The molecule has 1 fully saturated rings. The first-order valence-corrected chi connectivity index (χ1v) is 14.8. The molecule has 1 aromatic rings. The third-order valence-corrected chi connectivity index (χ3v) is 7.67. The van der Waals surface area contributed by atoms with Crippen LogP contribution in [0.25, 0.3) is 0 Å². The van der Waals surface area contributed by atoms with Gasteiger partial charge in [-0.2, -0.15) is 0 Å². The highest BCUT2D eigenvalue weighted by Crippen LogP contribution is 2.20. The van der Waals surface area contributed by atoms with E-state index >= 15 is 0 Å². The number of nitrogens with zero attached hydrogens (tertiary/aromatic N) is 1. The lowest BCUT2D eigenvalue weighted by Crippen LogP contribution is -2.56. The fraction of sp³-hybridized carbons (Fsp3) is 0.667. The first-order valence-electron chi connectivity index (χ1n) is 14.8. The van der Waals surface area contributed by atoms with Crippen LogP contribution in [0.15, 0.2) is 24.3 Å². The molecule has 1 saturated heterocycles. The van der Waals surface area contributed by atoms with Gasteiger partial charge in [-0.3, -0.25) is 19.2 Å². The summed E-state index contributed by atoms with van der Waals surface area (Å²) in [6.45, 7) is 11.3. The molecule has 0 bridgehead atoms. The van der Waals surface area contributed by atoms with Crippen molar-refractivity contribution in [2.45, 2.75) is 84.3 Å². The van der Waals surface area contributed by atoms with Crippen LogP contribution in [-0.2, 0) is 14.4 Å². The first kappa shape index (κ1) is 31.4. The number of rotatable bonds is 8. The van der Waals surface area contributed by atoms with Gasteiger partial charge in [-0.15, -0.1) is 0 Å². The molecule has 2 heterocycles. The van der Waals surface area contributed by atoms with E-state index in [9.17, 15) is 19.2 Å². The summed E-state index contributed by atoms with van der Waals surface area (Å²) in [5.74, 6) is -1.19. The molecule has 2 aliphatic heterocycles. The van der Waals surface area contributed by atoms with Crippen molar-refractivity contribution in [1.82, 2.24) is 26.2 Å². The maximum atomic E-state index is 13.4. The van der Waals surface area contributed by atoms with E-state index in [-0.39, 0.29) is 42.4 Å². The molecule has 0 aromatic heterocycles. The van der Waals surface area contributed by atoms with Gasteiger partial charge < -0.3 is 30.9 Å². The molecule has 4 atom stereocenters. The molecule has 222 valence electrons. The normalized spacial score (nSPS) is 24.0. The molecule has 0 saturated carbocycles. The lowest BCUT2D eigenvalue weighted by Gasteiger charge is -2.29. The second-order valence-electron chi connectivity index (χ2n) is 11.5. The van der Waals surface area contributed by atoms with Crippen LogP contribution < -0.4 is 26.0 Å². The number of amides is 4. The Bertz CT molecular complexity index is 1010. The predicted octanol–water partition coefficient (Wildman–Crippen LogP) is 2.23. The van der Waals surface area contributed by atoms with Crippen molar-refractivity contribution in [3.05, 3.63) is 29.8 Å². The number of piperidine rings is 1. The lowest BCUT2D eigenvalue weighted by molar-refractivity contribution is -0.132. The molecule has 2 aliphatic rings. The van der Waals surface area contributed by atoms with Crippen LogP contribution in [0.1, 0.15) is 76.6 Å². The standard InChI is InChI=1S/C30H47N5O5/c1-5-21(4)27-30(39)32-22(17-20(2)3)19-40-25-12-8-7-11-23(25)28(37)33-24(18-26(36)34-27)29(38)31-13-16-35-14-9-6-10-15-35/h7-8,11-12,20-22,24,27H,5-6,9-10,13-19H2,1-4H3,(H,31,38)(H,32,39)(H,33,37)(H,34,36)/t21-,22+,24-,27-/m0/s1. The Morgan fingerprint density at radius 3 is 2.48 bits per heavy atom. The van der Waals surface area contributed by atoms with Gasteiger partial charge in [-0.1, -0.05) is 52.7 Å². The molecule has 40 heavy (non-hydrogen) atoms. The number of carbonyl (C=O) groups excluding carboxylic acids is 4. The van der Waals surface area contributed by atoms with Crippen molar-refractivity contribution >= 4 is 23.6 Å². The van der Waals surface area contributed by atoms with Crippen molar-refractivity contribution in [1.29, 1.82) is 0 Å². The molecule has 0 radical (unpaired) electrons. The van der Waals surface area contributed by atoms with Crippen LogP contribution in [0.3, 0.4) is 0 Å². The number of hydrogen-bond acceptors (Lipinski definition) is 6. The summed E-state index contributed by atoms with van der Waals surface area (Å²) >= 11 is 0. The van der Waals surface area contributed by atoms with Crippen LogP contribution in [0.4, 0.5) is 0 Å². The van der Waals surface area contributed by atoms with Gasteiger partial charge in [0.05, 0.1) is 18.0 Å². The van der Waals surface area contributed by atoms with Crippen LogP contribution in [0.2, 0.25) is 0 Å². The topological polar surface area (TPSA) is 129 Å². The molecule has 0 aliphatic carbocycles. The zero-order valence-electron chi connectivity index (χ0n) is 24.5. The Hall–Kier alpha value is -3.14. The van der Waals surface area contributed by atoms with E-state index in [2.05, 4.69) is 40.0 Å². The molecule has 0 spiro atoms. The van der Waals surface area contributed by atoms with E-state index in [1.165, 1.54) is 6.42 Å². The average Bonchev–Trinajstić information content (AvgIpc) is 2.93. The maximum absolute atomic E-state index is 13.4. The highest BCUT2D eigenvalue weighted by Gasteiger charge is 2.32. The summed E-state index contributed by atoms with van der Waals surface area (Å²) < 4.78 is 6.07. The fourth-order valence-corrected chi connectivity index (χ4v) is 5.21. The summed E-state index contributed by atoms with van der Waals surface area (Å²) in [4.78, 5) is 55.5. The molecule has 3 rings (SSSR count). The summed E-state index contributed by atoms with van der Waals surface area (Å²) in [5.41, 5.74) is 0.262. The highest BCUT2D eigenvalue weighted by molar-refractivity contribution is 6.01. The molecule has 1 aromatic carbocycles. The zero-order chi connectivity index (χ0) is 29.1. The second-order valence-corrected chi connectivity index (χ2v) is 11.5. The van der Waals surface area contributed by atoms with Crippen LogP contribution in [0.5, 0.6) is 5.75 Å². The van der Waals surface area contributed by atoms with Crippen LogP contribution in [0, 0.1) is 11.8 Å². The number of carbonyl (C=O) groups is 4. The Labute approximate surface area is 238 Å². The molecule has 0 unspecified atom stereocenters. The van der Waals surface area contributed by atoms with Crippen LogP contribution in [-0.4, -0.2) is 79.4 Å². The predicted molar refractivity (Wildman–Crippen MR) is 154 cm³/mol. The monoisotopic (exact) mass is 557 g/mol. The minimum atomic E-state index is -1.11. The third kappa shape index (κ3) is 9.50. The molecule has 10 nitrogen and oxygen atoms in total. The highest BCUT2D eigenvalue weighted by atomic mass is 16.5. The number of para-hydroxylation sites is 1. The Morgan fingerprint density at radius 1 is 1.05 bits per heavy atom. The van der Waals surface area contributed by atoms with Gasteiger partial charge in [-0.25, -0.2) is 0 Å². The molecule has 4 amide bonds. The van der Waals surface area contributed by atoms with Gasteiger partial charge in [0, 0.05) is 13.1 Å². The Kier molecular flexibility index (Phi) is 12.2. The SMILES string of the molecule is CC[C@H](C)[C@@H]1NC(=O)C[C@@H](C(=O)NCCN2CCCCC2)NC(=O)c2ccccc2OC[C@@H](CC(C)C)NC1=O. The van der Waals surface area contributed by atoms with E-state index in [1.54, 1.807) is 24.3 Å². The number of nitrogens with one attached hydrogen (secondary N) is 4. The van der Waals surface area contributed by atoms with Gasteiger partial charge in [0.2, 0.25) is 17.7 Å². The third-order valence-electron chi connectivity index (χ3n) is 7.67. The summed E-state index contributed by atoms with van der Waals surface area (Å²) in [7, 11) is 0. The van der Waals surface area contributed by atoms with E-state index in [4.69, 9.17) is 4.74 Å². The number of fused-ring (bicyclic) bond motifs is 1. The molecule has 10 heteroatoms. The molecular formula is C30H47N5O5. The van der Waals surface area contributed by atoms with E-state index in [0.29, 0.717) is 31.7 Å². The minimum Gasteiger partial charge on any atom is -0.491 e. The van der Waals surface area contributed by atoms with Gasteiger partial charge in [-0.05, 0) is 56.3 Å². The summed E-state index contributed by atoms with van der Waals surface area (Å²) in [6, 6.07) is 4.60. The Morgan fingerprint density at radius 2 is 1.77 bits per heavy atom.